The van der Waals surface area contributed by atoms with Crippen molar-refractivity contribution in [1.29, 1.82) is 0 Å². The molecule has 1 amide bonds. The number of hydrogen-bond acceptors (Lipinski definition) is 5. The summed E-state index contributed by atoms with van der Waals surface area (Å²) in [6.45, 7) is 3.57. The van der Waals surface area contributed by atoms with Gasteiger partial charge in [0.2, 0.25) is 5.91 Å². The minimum absolute atomic E-state index is 0.00944. The predicted molar refractivity (Wildman–Crippen MR) is 122 cm³/mol. The number of rotatable bonds is 6. The fourth-order valence-corrected chi connectivity index (χ4v) is 4.00. The van der Waals surface area contributed by atoms with Crippen molar-refractivity contribution >= 4 is 11.7 Å². The molecule has 0 bridgehead atoms. The van der Waals surface area contributed by atoms with E-state index in [0.29, 0.717) is 6.54 Å². The van der Waals surface area contributed by atoms with E-state index in [1.165, 1.54) is 0 Å². The molecule has 1 N–H and O–H groups in total. The highest BCUT2D eigenvalue weighted by atomic mass is 16.5. The Labute approximate surface area is 183 Å². The van der Waals surface area contributed by atoms with Crippen LogP contribution < -0.4 is 15.0 Å². The summed E-state index contributed by atoms with van der Waals surface area (Å²) < 4.78 is 5.23. The Kier molecular flexibility index (Phi) is 6.46. The molecular formula is C25H28N4O2. The molecule has 0 spiro atoms. The number of amides is 1. The molecule has 0 radical (unpaired) electrons. The summed E-state index contributed by atoms with van der Waals surface area (Å²) in [7, 11) is 1.65. The van der Waals surface area contributed by atoms with Crippen molar-refractivity contribution in [2.45, 2.75) is 25.8 Å². The number of anilines is 1. The third-order valence-corrected chi connectivity index (χ3v) is 5.81. The van der Waals surface area contributed by atoms with E-state index in [9.17, 15) is 4.79 Å². The largest absolute Gasteiger partial charge is 0.497 e. The Balaban J connectivity index is 1.44. The van der Waals surface area contributed by atoms with E-state index in [4.69, 9.17) is 4.74 Å². The van der Waals surface area contributed by atoms with Crippen LogP contribution >= 0.6 is 0 Å². The second kappa shape index (κ2) is 9.60. The van der Waals surface area contributed by atoms with E-state index in [2.05, 4.69) is 20.2 Å². The second-order valence-electron chi connectivity index (χ2n) is 7.92. The zero-order valence-corrected chi connectivity index (χ0v) is 18.0. The third kappa shape index (κ3) is 5.02. The molecule has 1 aromatic heterocycles. The van der Waals surface area contributed by atoms with Crippen LogP contribution in [0.5, 0.6) is 5.75 Å². The lowest BCUT2D eigenvalue weighted by atomic mass is 9.96. The van der Waals surface area contributed by atoms with Gasteiger partial charge >= 0.3 is 0 Å². The Morgan fingerprint density at radius 3 is 2.65 bits per heavy atom. The molecule has 6 heteroatoms. The number of carbonyl (C=O) groups is 1. The number of aromatic nitrogens is 2. The highest BCUT2D eigenvalue weighted by Crippen LogP contribution is 2.26. The quantitative estimate of drug-likeness (QED) is 0.651. The molecule has 1 fully saturated rings. The fraction of sp³-hybridized carbons (Fsp3) is 0.320. The molecule has 1 aliphatic rings. The van der Waals surface area contributed by atoms with Gasteiger partial charge in [0.15, 0.2) is 0 Å². The summed E-state index contributed by atoms with van der Waals surface area (Å²) in [5.41, 5.74) is 2.98. The van der Waals surface area contributed by atoms with Crippen LogP contribution in [0.15, 0.2) is 67.0 Å². The van der Waals surface area contributed by atoms with Gasteiger partial charge in [-0.3, -0.25) is 4.79 Å². The molecule has 160 valence electrons. The van der Waals surface area contributed by atoms with Crippen LogP contribution in [0.4, 0.5) is 5.82 Å². The number of ether oxygens (including phenoxy) is 1. The van der Waals surface area contributed by atoms with E-state index in [0.717, 1.165) is 47.8 Å². The van der Waals surface area contributed by atoms with Crippen molar-refractivity contribution < 1.29 is 9.53 Å². The first-order valence-corrected chi connectivity index (χ1v) is 10.7. The number of methoxy groups -OCH3 is 1. The maximum absolute atomic E-state index is 12.9. The summed E-state index contributed by atoms with van der Waals surface area (Å²) in [6, 6.07) is 19.9. The fourth-order valence-electron chi connectivity index (χ4n) is 4.00. The molecule has 1 aliphatic heterocycles. The molecule has 2 aromatic carbocycles. The normalized spacial score (nSPS) is 17.1. The maximum atomic E-state index is 12.9. The van der Waals surface area contributed by atoms with Crippen molar-refractivity contribution in [3.8, 4) is 17.0 Å². The van der Waals surface area contributed by atoms with Crippen LogP contribution in [0.3, 0.4) is 0 Å². The van der Waals surface area contributed by atoms with Gasteiger partial charge in [-0.1, -0.05) is 30.3 Å². The van der Waals surface area contributed by atoms with Crippen LogP contribution in [0.25, 0.3) is 11.3 Å². The summed E-state index contributed by atoms with van der Waals surface area (Å²) >= 11 is 0. The molecule has 31 heavy (non-hydrogen) atoms. The first-order chi connectivity index (χ1) is 15.1. The van der Waals surface area contributed by atoms with E-state index in [1.54, 1.807) is 13.4 Å². The van der Waals surface area contributed by atoms with Gasteiger partial charge in [-0.15, -0.1) is 0 Å². The van der Waals surface area contributed by atoms with Crippen molar-refractivity contribution in [3.05, 3.63) is 72.6 Å². The summed E-state index contributed by atoms with van der Waals surface area (Å²) in [4.78, 5) is 24.0. The number of piperidine rings is 1. The molecule has 4 rings (SSSR count). The van der Waals surface area contributed by atoms with Gasteiger partial charge in [0.05, 0.1) is 24.8 Å². The lowest BCUT2D eigenvalue weighted by Gasteiger charge is -2.33. The highest BCUT2D eigenvalue weighted by Gasteiger charge is 2.27. The van der Waals surface area contributed by atoms with Crippen molar-refractivity contribution in [3.63, 3.8) is 0 Å². The van der Waals surface area contributed by atoms with Crippen LogP contribution in [-0.4, -0.2) is 36.1 Å². The van der Waals surface area contributed by atoms with Crippen LogP contribution in [0.2, 0.25) is 0 Å². The summed E-state index contributed by atoms with van der Waals surface area (Å²) in [5, 5.41) is 3.18. The topological polar surface area (TPSA) is 67.3 Å². The van der Waals surface area contributed by atoms with E-state index >= 15 is 0 Å². The molecule has 0 aliphatic carbocycles. The van der Waals surface area contributed by atoms with Gasteiger partial charge in [-0.2, -0.15) is 0 Å². The van der Waals surface area contributed by atoms with Crippen molar-refractivity contribution in [2.75, 3.05) is 25.1 Å². The SMILES string of the molecule is COc1ccc(-c2cc(N3CCCC(C(=O)NC(C)c4ccccc4)C3)ncn2)cc1. The van der Waals surface area contributed by atoms with E-state index in [-0.39, 0.29) is 17.9 Å². The summed E-state index contributed by atoms with van der Waals surface area (Å²) in [5.74, 6) is 1.71. The van der Waals surface area contributed by atoms with Crippen LogP contribution in [0.1, 0.15) is 31.4 Å². The van der Waals surface area contributed by atoms with Crippen molar-refractivity contribution in [2.24, 2.45) is 5.92 Å². The highest BCUT2D eigenvalue weighted by molar-refractivity contribution is 5.80. The molecule has 2 unspecified atom stereocenters. The maximum Gasteiger partial charge on any atom is 0.225 e. The molecule has 2 atom stereocenters. The van der Waals surface area contributed by atoms with Gasteiger partial charge in [0.1, 0.15) is 17.9 Å². The average molecular weight is 417 g/mol. The smallest absolute Gasteiger partial charge is 0.225 e. The lowest BCUT2D eigenvalue weighted by Crippen LogP contribution is -2.44. The number of nitrogens with one attached hydrogen (secondary N) is 1. The molecule has 0 saturated carbocycles. The van der Waals surface area contributed by atoms with Gasteiger partial charge in [-0.05, 0) is 49.6 Å². The summed E-state index contributed by atoms with van der Waals surface area (Å²) in [6.07, 6.45) is 3.44. The third-order valence-electron chi connectivity index (χ3n) is 5.81. The Hall–Kier alpha value is -3.41. The van der Waals surface area contributed by atoms with E-state index < -0.39 is 0 Å². The zero-order chi connectivity index (χ0) is 21.6. The number of benzene rings is 2. The first-order valence-electron chi connectivity index (χ1n) is 10.7. The van der Waals surface area contributed by atoms with Gasteiger partial charge < -0.3 is 15.0 Å². The molecule has 1 saturated heterocycles. The monoisotopic (exact) mass is 416 g/mol. The zero-order valence-electron chi connectivity index (χ0n) is 18.0. The predicted octanol–water partition coefficient (Wildman–Crippen LogP) is 4.25. The lowest BCUT2D eigenvalue weighted by molar-refractivity contribution is -0.125. The van der Waals surface area contributed by atoms with Crippen molar-refractivity contribution in [1.82, 2.24) is 15.3 Å². The minimum atomic E-state index is -0.0562. The van der Waals surface area contributed by atoms with E-state index in [1.807, 2.05) is 67.6 Å². The Morgan fingerprint density at radius 1 is 1.13 bits per heavy atom. The molecule has 2 heterocycles. The number of hydrogen-bond donors (Lipinski definition) is 1. The average Bonchev–Trinajstić information content (AvgIpc) is 2.84. The molecule has 3 aromatic rings. The Bertz CT molecular complexity index is 1010. The first kappa shape index (κ1) is 20.8. The molecule has 6 nitrogen and oxygen atoms in total. The number of carbonyl (C=O) groups excluding carboxylic acids is 1. The van der Waals surface area contributed by atoms with Gasteiger partial charge in [0.25, 0.3) is 0 Å². The standard InChI is InChI=1S/C25H28N4O2/c1-18(19-7-4-3-5-8-19)28-25(30)21-9-6-14-29(16-21)24-15-23(26-17-27-24)20-10-12-22(31-2)13-11-20/h3-5,7-8,10-13,15,17-18,21H,6,9,14,16H2,1-2H3,(H,28,30). The van der Waals surface area contributed by atoms with Crippen LogP contribution in [0, 0.1) is 5.92 Å². The van der Waals surface area contributed by atoms with Crippen LogP contribution in [-0.2, 0) is 4.79 Å². The molecular weight excluding hydrogens is 388 g/mol. The minimum Gasteiger partial charge on any atom is -0.497 e. The Morgan fingerprint density at radius 2 is 1.90 bits per heavy atom. The second-order valence-corrected chi connectivity index (χ2v) is 7.92. The van der Waals surface area contributed by atoms with Gasteiger partial charge in [-0.25, -0.2) is 9.97 Å². The van der Waals surface area contributed by atoms with Gasteiger partial charge in [0, 0.05) is 24.7 Å². The number of nitrogens with zero attached hydrogens (tertiary/aromatic N) is 3.